The van der Waals surface area contributed by atoms with E-state index in [9.17, 15) is 9.59 Å². The molecule has 1 saturated heterocycles. The molecule has 1 aliphatic rings. The number of hydrogen-bond donors (Lipinski definition) is 1. The summed E-state index contributed by atoms with van der Waals surface area (Å²) < 4.78 is 0. The molecule has 6 heteroatoms. The normalized spacial score (nSPS) is 14.3. The fourth-order valence-electron chi connectivity index (χ4n) is 2.87. The van der Waals surface area contributed by atoms with Crippen LogP contribution in [0.4, 0.5) is 11.4 Å². The number of rotatable bonds is 4. The van der Waals surface area contributed by atoms with Gasteiger partial charge in [0.1, 0.15) is 5.69 Å². The molecule has 1 aromatic heterocycles. The summed E-state index contributed by atoms with van der Waals surface area (Å²) in [5.41, 5.74) is 4.35. The summed E-state index contributed by atoms with van der Waals surface area (Å²) in [7, 11) is 0. The predicted octanol–water partition coefficient (Wildman–Crippen LogP) is 2.23. The fourth-order valence-corrected chi connectivity index (χ4v) is 2.87. The Hall–Kier alpha value is -2.89. The van der Waals surface area contributed by atoms with Gasteiger partial charge in [-0.05, 0) is 43.2 Å². The molecule has 0 spiro atoms. The van der Waals surface area contributed by atoms with Gasteiger partial charge in [0.05, 0.1) is 11.9 Å². The molecular weight excluding hydrogens is 316 g/mol. The lowest BCUT2D eigenvalue weighted by atomic mass is 10.1. The number of carbonyl (C=O) groups excluding carboxylic acids is 2. The lowest BCUT2D eigenvalue weighted by molar-refractivity contribution is -0.118. The number of amides is 2. The number of anilines is 2. The maximum absolute atomic E-state index is 12.4. The second-order valence-electron chi connectivity index (χ2n) is 6.23. The first-order valence-electron chi connectivity index (χ1n) is 8.36. The van der Waals surface area contributed by atoms with E-state index in [4.69, 9.17) is 0 Å². The van der Waals surface area contributed by atoms with E-state index in [0.29, 0.717) is 18.8 Å². The number of nitrogens with one attached hydrogen (secondary N) is 1. The highest BCUT2D eigenvalue weighted by molar-refractivity contribution is 6.03. The van der Waals surface area contributed by atoms with Crippen molar-refractivity contribution in [3.05, 3.63) is 53.3 Å². The lowest BCUT2D eigenvalue weighted by Gasteiger charge is -2.33. The van der Waals surface area contributed by atoms with Crippen molar-refractivity contribution in [2.24, 2.45) is 0 Å². The monoisotopic (exact) mass is 338 g/mol. The fraction of sp³-hybridized carbons (Fsp3) is 0.316. The Labute approximate surface area is 147 Å². The highest BCUT2D eigenvalue weighted by atomic mass is 16.2. The molecule has 1 aliphatic heterocycles. The van der Waals surface area contributed by atoms with Crippen molar-refractivity contribution in [3.63, 3.8) is 0 Å². The third-order valence-electron chi connectivity index (χ3n) is 4.66. The molecular formula is C19H22N4O2. The lowest BCUT2D eigenvalue weighted by Crippen LogP contribution is -2.45. The summed E-state index contributed by atoms with van der Waals surface area (Å²) in [6, 6.07) is 9.47. The van der Waals surface area contributed by atoms with E-state index in [1.807, 2.05) is 38.1 Å². The summed E-state index contributed by atoms with van der Waals surface area (Å²) in [6.45, 7) is 6.96. The number of benzene rings is 1. The van der Waals surface area contributed by atoms with Gasteiger partial charge in [-0.1, -0.05) is 12.1 Å². The Bertz CT molecular complexity index is 765. The maximum atomic E-state index is 12.4. The number of aryl methyl sites for hydroxylation is 1. The minimum atomic E-state index is -0.217. The number of aromatic nitrogens is 1. The maximum Gasteiger partial charge on any atom is 0.274 e. The molecule has 130 valence electrons. The minimum Gasteiger partial charge on any atom is -0.367 e. The van der Waals surface area contributed by atoms with E-state index in [1.54, 1.807) is 17.2 Å². The molecule has 0 saturated carbocycles. The zero-order valence-corrected chi connectivity index (χ0v) is 14.5. The number of piperazine rings is 1. The summed E-state index contributed by atoms with van der Waals surface area (Å²) in [5.74, 6) is -0.217. The first-order chi connectivity index (χ1) is 12.1. The molecule has 0 unspecified atom stereocenters. The van der Waals surface area contributed by atoms with Crippen molar-refractivity contribution < 1.29 is 9.59 Å². The molecule has 1 N–H and O–H groups in total. The van der Waals surface area contributed by atoms with Crippen molar-refractivity contribution in [2.45, 2.75) is 13.8 Å². The molecule has 1 aromatic carbocycles. The minimum absolute atomic E-state index is 0.217. The third kappa shape index (κ3) is 3.79. The molecule has 0 bridgehead atoms. The standard InChI is InChI=1S/C19H22N4O2/c1-14-4-3-5-17(15(14)2)21-19(25)18-7-6-16(12-20-18)23-10-8-22(13-24)9-11-23/h3-7,12-13H,8-11H2,1-2H3,(H,21,25). The van der Waals surface area contributed by atoms with Crippen molar-refractivity contribution in [1.82, 2.24) is 9.88 Å². The van der Waals surface area contributed by atoms with Gasteiger partial charge in [-0.2, -0.15) is 0 Å². The van der Waals surface area contributed by atoms with Crippen LogP contribution in [-0.2, 0) is 4.79 Å². The molecule has 0 aliphatic carbocycles. The molecule has 0 radical (unpaired) electrons. The average Bonchev–Trinajstić information content (AvgIpc) is 2.65. The Morgan fingerprint density at radius 3 is 2.52 bits per heavy atom. The van der Waals surface area contributed by atoms with Gasteiger partial charge in [0.15, 0.2) is 0 Å². The Morgan fingerprint density at radius 1 is 1.12 bits per heavy atom. The van der Waals surface area contributed by atoms with Crippen LogP contribution in [0.25, 0.3) is 0 Å². The van der Waals surface area contributed by atoms with Gasteiger partial charge in [-0.3, -0.25) is 9.59 Å². The molecule has 6 nitrogen and oxygen atoms in total. The molecule has 2 aromatic rings. The second kappa shape index (κ2) is 7.34. The number of nitrogens with zero attached hydrogens (tertiary/aromatic N) is 3. The van der Waals surface area contributed by atoms with Crippen molar-refractivity contribution >= 4 is 23.7 Å². The second-order valence-corrected chi connectivity index (χ2v) is 6.23. The van der Waals surface area contributed by atoms with Crippen LogP contribution in [0.15, 0.2) is 36.5 Å². The van der Waals surface area contributed by atoms with Crippen LogP contribution < -0.4 is 10.2 Å². The van der Waals surface area contributed by atoms with Crippen LogP contribution in [0.1, 0.15) is 21.6 Å². The number of hydrogen-bond acceptors (Lipinski definition) is 4. The van der Waals surface area contributed by atoms with Gasteiger partial charge in [-0.15, -0.1) is 0 Å². The Balaban J connectivity index is 1.67. The van der Waals surface area contributed by atoms with Crippen LogP contribution in [0.2, 0.25) is 0 Å². The summed E-state index contributed by atoms with van der Waals surface area (Å²) >= 11 is 0. The predicted molar refractivity (Wildman–Crippen MR) is 98.0 cm³/mol. The van der Waals surface area contributed by atoms with Gasteiger partial charge in [0.2, 0.25) is 6.41 Å². The van der Waals surface area contributed by atoms with Gasteiger partial charge < -0.3 is 15.1 Å². The Kier molecular flexibility index (Phi) is 4.97. The zero-order chi connectivity index (χ0) is 17.8. The van der Waals surface area contributed by atoms with Crippen LogP contribution in [-0.4, -0.2) is 48.4 Å². The molecule has 0 atom stereocenters. The van der Waals surface area contributed by atoms with E-state index in [2.05, 4.69) is 15.2 Å². The Morgan fingerprint density at radius 2 is 1.88 bits per heavy atom. The third-order valence-corrected chi connectivity index (χ3v) is 4.66. The smallest absolute Gasteiger partial charge is 0.274 e. The topological polar surface area (TPSA) is 65.5 Å². The highest BCUT2D eigenvalue weighted by Gasteiger charge is 2.17. The van der Waals surface area contributed by atoms with E-state index < -0.39 is 0 Å². The molecule has 2 amide bonds. The number of pyridine rings is 1. The molecule has 1 fully saturated rings. The van der Waals surface area contributed by atoms with Crippen molar-refractivity contribution in [3.8, 4) is 0 Å². The molecule has 3 rings (SSSR count). The average molecular weight is 338 g/mol. The summed E-state index contributed by atoms with van der Waals surface area (Å²) in [5, 5.41) is 2.92. The highest BCUT2D eigenvalue weighted by Crippen LogP contribution is 2.19. The zero-order valence-electron chi connectivity index (χ0n) is 14.5. The van der Waals surface area contributed by atoms with E-state index in [-0.39, 0.29) is 5.91 Å². The quantitative estimate of drug-likeness (QED) is 0.868. The van der Waals surface area contributed by atoms with Crippen molar-refractivity contribution in [2.75, 3.05) is 36.4 Å². The molecule has 25 heavy (non-hydrogen) atoms. The van der Waals surface area contributed by atoms with Crippen LogP contribution >= 0.6 is 0 Å². The van der Waals surface area contributed by atoms with Crippen LogP contribution in [0, 0.1) is 13.8 Å². The summed E-state index contributed by atoms with van der Waals surface area (Å²) in [6.07, 6.45) is 2.60. The first kappa shape index (κ1) is 17.0. The van der Waals surface area contributed by atoms with Gasteiger partial charge >= 0.3 is 0 Å². The SMILES string of the molecule is Cc1cccc(NC(=O)c2ccc(N3CCN(C=O)CC3)cn2)c1C. The van der Waals surface area contributed by atoms with E-state index in [0.717, 1.165) is 42.0 Å². The summed E-state index contributed by atoms with van der Waals surface area (Å²) in [4.78, 5) is 31.4. The largest absolute Gasteiger partial charge is 0.367 e. The van der Waals surface area contributed by atoms with Crippen molar-refractivity contribution in [1.29, 1.82) is 0 Å². The van der Waals surface area contributed by atoms with Gasteiger partial charge in [-0.25, -0.2) is 4.98 Å². The van der Waals surface area contributed by atoms with Gasteiger partial charge in [0.25, 0.3) is 5.91 Å². The van der Waals surface area contributed by atoms with Gasteiger partial charge in [0, 0.05) is 31.9 Å². The van der Waals surface area contributed by atoms with Crippen LogP contribution in [0.3, 0.4) is 0 Å². The first-order valence-corrected chi connectivity index (χ1v) is 8.36. The molecule has 2 heterocycles. The van der Waals surface area contributed by atoms with E-state index >= 15 is 0 Å². The van der Waals surface area contributed by atoms with E-state index in [1.165, 1.54) is 0 Å². The van der Waals surface area contributed by atoms with Crippen LogP contribution in [0.5, 0.6) is 0 Å². The number of carbonyl (C=O) groups is 2.